The topological polar surface area (TPSA) is 20.3 Å². The van der Waals surface area contributed by atoms with Crippen LogP contribution in [0.5, 0.6) is 0 Å². The maximum Gasteiger partial charge on any atom is 0.416 e. The summed E-state index contributed by atoms with van der Waals surface area (Å²) in [5, 5.41) is 0.430. The molecule has 0 radical (unpaired) electrons. The van der Waals surface area contributed by atoms with E-state index < -0.39 is 11.7 Å². The highest BCUT2D eigenvalue weighted by Gasteiger charge is 2.30. The van der Waals surface area contributed by atoms with E-state index in [1.165, 1.54) is 11.6 Å². The van der Waals surface area contributed by atoms with Crippen molar-refractivity contribution in [3.63, 3.8) is 0 Å². The number of nitrogens with zero attached hydrogens (tertiary/aromatic N) is 1. The van der Waals surface area contributed by atoms with Gasteiger partial charge < -0.3 is 4.90 Å². The average molecular weight is 553 g/mol. The zero-order valence-corrected chi connectivity index (χ0v) is 21.6. The second-order valence-electron chi connectivity index (χ2n) is 9.25. The molecule has 0 saturated heterocycles. The van der Waals surface area contributed by atoms with E-state index in [2.05, 4.69) is 36.7 Å². The van der Waals surface area contributed by atoms with E-state index in [0.717, 1.165) is 17.7 Å². The number of amides is 1. The predicted octanol–water partition coefficient (Wildman–Crippen LogP) is 8.30. The van der Waals surface area contributed by atoms with Crippen molar-refractivity contribution < 1.29 is 18.0 Å². The van der Waals surface area contributed by atoms with Crippen LogP contribution < -0.4 is 0 Å². The lowest BCUT2D eigenvalue weighted by Gasteiger charge is -2.25. The zero-order chi connectivity index (χ0) is 25.1. The molecule has 0 unspecified atom stereocenters. The van der Waals surface area contributed by atoms with Crippen LogP contribution in [0.25, 0.3) is 0 Å². The van der Waals surface area contributed by atoms with E-state index in [1.54, 1.807) is 29.2 Å². The fourth-order valence-corrected chi connectivity index (χ4v) is 4.17. The van der Waals surface area contributed by atoms with E-state index in [9.17, 15) is 18.0 Å². The summed E-state index contributed by atoms with van der Waals surface area (Å²) in [5.74, 6) is -0.249. The molecule has 0 heterocycles. The highest BCUT2D eigenvalue weighted by molar-refractivity contribution is 9.10. The minimum Gasteiger partial charge on any atom is -0.334 e. The van der Waals surface area contributed by atoms with Crippen LogP contribution in [0.4, 0.5) is 13.2 Å². The van der Waals surface area contributed by atoms with Crippen LogP contribution in [-0.2, 0) is 24.6 Å². The Morgan fingerprint density at radius 2 is 1.59 bits per heavy atom. The first-order valence-electron chi connectivity index (χ1n) is 10.8. The Morgan fingerprint density at radius 1 is 0.912 bits per heavy atom. The summed E-state index contributed by atoms with van der Waals surface area (Å²) in [6.07, 6.45) is -4.13. The normalized spacial score (nSPS) is 12.0. The Bertz CT molecular complexity index is 1150. The molecule has 3 rings (SSSR count). The molecule has 0 N–H and O–H groups in total. The first kappa shape index (κ1) is 26.3. The number of hydrogen-bond donors (Lipinski definition) is 0. The van der Waals surface area contributed by atoms with Crippen molar-refractivity contribution in [3.8, 4) is 0 Å². The van der Waals surface area contributed by atoms with E-state index in [4.69, 9.17) is 11.6 Å². The minimum absolute atomic E-state index is 0.00316. The van der Waals surface area contributed by atoms with Crippen molar-refractivity contribution in [3.05, 3.63) is 104 Å². The van der Waals surface area contributed by atoms with Crippen LogP contribution in [0.1, 0.15) is 53.4 Å². The lowest BCUT2D eigenvalue weighted by molar-refractivity contribution is -0.137. The molecule has 34 heavy (non-hydrogen) atoms. The van der Waals surface area contributed by atoms with Crippen LogP contribution >= 0.6 is 27.5 Å². The Morgan fingerprint density at radius 3 is 2.21 bits per heavy atom. The van der Waals surface area contributed by atoms with Gasteiger partial charge in [-0.15, -0.1) is 0 Å². The number of carbonyl (C=O) groups excluding carboxylic acids is 1. The molecule has 2 nitrogen and oxygen atoms in total. The fourth-order valence-electron chi connectivity index (χ4n) is 3.58. The second kappa shape index (κ2) is 10.5. The van der Waals surface area contributed by atoms with E-state index in [1.807, 2.05) is 24.3 Å². The highest BCUT2D eigenvalue weighted by atomic mass is 79.9. The number of halogens is 5. The Labute approximate surface area is 211 Å². The van der Waals surface area contributed by atoms with Crippen LogP contribution in [0.15, 0.2) is 71.2 Å². The summed E-state index contributed by atoms with van der Waals surface area (Å²) < 4.78 is 40.0. The molecule has 0 aliphatic heterocycles. The number of alkyl halides is 3. The molecule has 0 atom stereocenters. The zero-order valence-electron chi connectivity index (χ0n) is 19.2. The highest BCUT2D eigenvalue weighted by Crippen LogP contribution is 2.30. The van der Waals surface area contributed by atoms with Gasteiger partial charge in [0.1, 0.15) is 0 Å². The van der Waals surface area contributed by atoms with Crippen LogP contribution in [0, 0.1) is 0 Å². The van der Waals surface area contributed by atoms with Crippen LogP contribution in [0.2, 0.25) is 5.02 Å². The number of rotatable bonds is 6. The number of hydrogen-bond acceptors (Lipinski definition) is 1. The Hall–Kier alpha value is -2.31. The lowest BCUT2D eigenvalue weighted by atomic mass is 9.87. The third-order valence-electron chi connectivity index (χ3n) is 5.56. The van der Waals surface area contributed by atoms with Gasteiger partial charge in [0.15, 0.2) is 0 Å². The number of carbonyl (C=O) groups is 1. The molecule has 0 aliphatic rings. The standard InChI is InChI=1S/C27H26BrClF3NO/c1-26(2,3)20-9-7-19(8-10-20)17-33(25(34)23-16-22(29)11-12-24(23)28)14-13-18-5-4-6-21(15-18)27(30,31)32/h4-12,15-16H,13-14,17H2,1-3H3. The van der Waals surface area contributed by atoms with Gasteiger partial charge in [0.05, 0.1) is 11.1 Å². The van der Waals surface area contributed by atoms with Crippen molar-refractivity contribution >= 4 is 33.4 Å². The molecule has 0 aromatic heterocycles. The van der Waals surface area contributed by atoms with E-state index in [0.29, 0.717) is 27.2 Å². The summed E-state index contributed by atoms with van der Waals surface area (Å²) in [7, 11) is 0. The van der Waals surface area contributed by atoms with Crippen molar-refractivity contribution in [2.24, 2.45) is 0 Å². The molecule has 0 aliphatic carbocycles. The summed E-state index contributed by atoms with van der Waals surface area (Å²) in [6.45, 7) is 6.96. The fraction of sp³-hybridized carbons (Fsp3) is 0.296. The quantitative estimate of drug-likeness (QED) is 0.301. The summed E-state index contributed by atoms with van der Waals surface area (Å²) in [4.78, 5) is 15.1. The molecule has 1 amide bonds. The first-order chi connectivity index (χ1) is 15.8. The summed E-state index contributed by atoms with van der Waals surface area (Å²) in [5.41, 5.74) is 2.34. The minimum atomic E-state index is -4.41. The van der Waals surface area contributed by atoms with Gasteiger partial charge >= 0.3 is 6.18 Å². The SMILES string of the molecule is CC(C)(C)c1ccc(CN(CCc2cccc(C(F)(F)F)c2)C(=O)c2cc(Cl)ccc2Br)cc1. The molecule has 7 heteroatoms. The van der Waals surface area contributed by atoms with Gasteiger partial charge in [-0.3, -0.25) is 4.79 Å². The van der Waals surface area contributed by atoms with Crippen molar-refractivity contribution in [2.75, 3.05) is 6.54 Å². The van der Waals surface area contributed by atoms with Gasteiger partial charge in [-0.05, 0) is 68.7 Å². The Balaban J connectivity index is 1.87. The second-order valence-corrected chi connectivity index (χ2v) is 10.5. The van der Waals surface area contributed by atoms with Crippen LogP contribution in [0.3, 0.4) is 0 Å². The molecule has 0 fully saturated rings. The maximum absolute atomic E-state index is 13.5. The summed E-state index contributed by atoms with van der Waals surface area (Å²) in [6, 6.07) is 18.3. The monoisotopic (exact) mass is 551 g/mol. The van der Waals surface area contributed by atoms with Crippen molar-refractivity contribution in [2.45, 2.75) is 45.3 Å². The Kier molecular flexibility index (Phi) is 8.14. The molecule has 3 aromatic rings. The van der Waals surface area contributed by atoms with Gasteiger partial charge in [-0.1, -0.05) is 74.8 Å². The average Bonchev–Trinajstić information content (AvgIpc) is 2.77. The summed E-state index contributed by atoms with van der Waals surface area (Å²) >= 11 is 9.53. The van der Waals surface area contributed by atoms with Gasteiger partial charge in [0.2, 0.25) is 0 Å². The predicted molar refractivity (Wildman–Crippen MR) is 134 cm³/mol. The largest absolute Gasteiger partial charge is 0.416 e. The van der Waals surface area contributed by atoms with Crippen molar-refractivity contribution in [1.29, 1.82) is 0 Å². The molecule has 0 saturated carbocycles. The smallest absolute Gasteiger partial charge is 0.334 e. The molecule has 180 valence electrons. The molecule has 0 spiro atoms. The van der Waals surface area contributed by atoms with Crippen LogP contribution in [-0.4, -0.2) is 17.4 Å². The van der Waals surface area contributed by atoms with Gasteiger partial charge in [0.25, 0.3) is 5.91 Å². The first-order valence-corrected chi connectivity index (χ1v) is 12.0. The van der Waals surface area contributed by atoms with E-state index in [-0.39, 0.29) is 24.3 Å². The number of benzene rings is 3. The third kappa shape index (κ3) is 6.86. The lowest BCUT2D eigenvalue weighted by Crippen LogP contribution is -2.33. The van der Waals surface area contributed by atoms with Crippen molar-refractivity contribution in [1.82, 2.24) is 4.90 Å². The van der Waals surface area contributed by atoms with Gasteiger partial charge in [-0.2, -0.15) is 13.2 Å². The molecule has 0 bridgehead atoms. The molecular formula is C27H26BrClF3NO. The molecule has 3 aromatic carbocycles. The molecular weight excluding hydrogens is 527 g/mol. The van der Waals surface area contributed by atoms with Gasteiger partial charge in [-0.25, -0.2) is 0 Å². The third-order valence-corrected chi connectivity index (χ3v) is 6.49. The maximum atomic E-state index is 13.5. The van der Waals surface area contributed by atoms with Gasteiger partial charge in [0, 0.05) is 22.6 Å². The van der Waals surface area contributed by atoms with E-state index >= 15 is 0 Å².